The highest BCUT2D eigenvalue weighted by molar-refractivity contribution is 7.99. The summed E-state index contributed by atoms with van der Waals surface area (Å²) < 4.78 is 11.9. The van der Waals surface area contributed by atoms with Crippen molar-refractivity contribution in [2.45, 2.75) is 51.8 Å². The van der Waals surface area contributed by atoms with Crippen molar-refractivity contribution in [1.82, 2.24) is 4.90 Å². The van der Waals surface area contributed by atoms with Gasteiger partial charge in [-0.1, -0.05) is 42.8 Å². The van der Waals surface area contributed by atoms with Crippen LogP contribution in [-0.4, -0.2) is 48.6 Å². The van der Waals surface area contributed by atoms with Gasteiger partial charge in [0.25, 0.3) is 0 Å². The van der Waals surface area contributed by atoms with E-state index < -0.39 is 0 Å². The zero-order valence-electron chi connectivity index (χ0n) is 23.2. The number of amides is 1. The molecule has 0 N–H and O–H groups in total. The normalized spacial score (nSPS) is 19.4. The maximum absolute atomic E-state index is 13.8. The van der Waals surface area contributed by atoms with E-state index in [1.807, 2.05) is 47.0 Å². The van der Waals surface area contributed by atoms with Crippen LogP contribution in [0, 0.1) is 0 Å². The first-order valence-electron chi connectivity index (χ1n) is 13.8. The van der Waals surface area contributed by atoms with E-state index in [9.17, 15) is 4.79 Å². The predicted molar refractivity (Wildman–Crippen MR) is 162 cm³/mol. The predicted octanol–water partition coefficient (Wildman–Crippen LogP) is 7.31. The molecule has 0 aromatic heterocycles. The molecule has 3 unspecified atom stereocenters. The van der Waals surface area contributed by atoms with Crippen LogP contribution in [0.3, 0.4) is 0 Å². The number of nitrogens with zero attached hydrogens (tertiary/aromatic N) is 2. The number of fused-ring (bicyclic) bond motifs is 1. The first-order valence-corrected chi connectivity index (χ1v) is 15.3. The molecule has 0 aliphatic carbocycles. The fourth-order valence-electron chi connectivity index (χ4n) is 5.46. The lowest BCUT2D eigenvalue weighted by Crippen LogP contribution is -2.41. The average Bonchev–Trinajstić information content (AvgIpc) is 2.97. The van der Waals surface area contributed by atoms with Gasteiger partial charge < -0.3 is 14.4 Å². The van der Waals surface area contributed by atoms with Gasteiger partial charge in [0, 0.05) is 41.3 Å². The second-order valence-corrected chi connectivity index (χ2v) is 12.0. The number of hydrogen-bond acceptors (Lipinski definition) is 5. The summed E-state index contributed by atoms with van der Waals surface area (Å²) in [4.78, 5) is 18.3. The minimum Gasteiger partial charge on any atom is -0.493 e. The van der Waals surface area contributed by atoms with E-state index in [2.05, 4.69) is 56.0 Å². The van der Waals surface area contributed by atoms with Crippen molar-refractivity contribution in [2.75, 3.05) is 36.6 Å². The van der Waals surface area contributed by atoms with Crippen molar-refractivity contribution in [1.29, 1.82) is 0 Å². The Bertz CT molecular complexity index is 1290. The summed E-state index contributed by atoms with van der Waals surface area (Å²) in [6, 6.07) is 20.4. The van der Waals surface area contributed by atoms with Crippen molar-refractivity contribution in [3.63, 3.8) is 0 Å². The summed E-state index contributed by atoms with van der Waals surface area (Å²) in [7, 11) is 1.64. The topological polar surface area (TPSA) is 42.0 Å². The lowest BCUT2D eigenvalue weighted by Gasteiger charge is -2.38. The van der Waals surface area contributed by atoms with Crippen molar-refractivity contribution in [3.05, 3.63) is 87.9 Å². The molecule has 1 amide bonds. The molecule has 0 bridgehead atoms. The first-order chi connectivity index (χ1) is 18.9. The summed E-state index contributed by atoms with van der Waals surface area (Å²) in [5, 5.41) is 0.664. The third-order valence-corrected chi connectivity index (χ3v) is 9.12. The van der Waals surface area contributed by atoms with Gasteiger partial charge >= 0.3 is 0 Å². The molecule has 3 aromatic carbocycles. The molecule has 5 nitrogen and oxygen atoms in total. The van der Waals surface area contributed by atoms with E-state index in [0.717, 1.165) is 41.9 Å². The summed E-state index contributed by atoms with van der Waals surface area (Å²) in [6.07, 6.45) is 1.22. The van der Waals surface area contributed by atoms with E-state index in [-0.39, 0.29) is 18.1 Å². The molecule has 3 aromatic rings. The van der Waals surface area contributed by atoms with E-state index in [0.29, 0.717) is 29.0 Å². The van der Waals surface area contributed by atoms with Crippen molar-refractivity contribution in [2.24, 2.45) is 0 Å². The number of carbonyl (C=O) groups excluding carboxylic acids is 1. The van der Waals surface area contributed by atoms with E-state index >= 15 is 0 Å². The van der Waals surface area contributed by atoms with Crippen LogP contribution in [0.5, 0.6) is 11.5 Å². The van der Waals surface area contributed by atoms with Crippen LogP contribution in [0.4, 0.5) is 5.69 Å². The second-order valence-electron chi connectivity index (χ2n) is 10.3. The second kappa shape index (κ2) is 12.2. The molecule has 7 heteroatoms. The lowest BCUT2D eigenvalue weighted by atomic mass is 9.86. The summed E-state index contributed by atoms with van der Waals surface area (Å²) in [5.41, 5.74) is 5.15. The third-order valence-electron chi connectivity index (χ3n) is 7.92. The Morgan fingerprint density at radius 2 is 1.69 bits per heavy atom. The van der Waals surface area contributed by atoms with Gasteiger partial charge in [0.1, 0.15) is 0 Å². The van der Waals surface area contributed by atoms with Gasteiger partial charge in [-0.25, -0.2) is 0 Å². The molecule has 0 spiro atoms. The summed E-state index contributed by atoms with van der Waals surface area (Å²) in [6.45, 7) is 8.64. The van der Waals surface area contributed by atoms with Gasteiger partial charge in [-0.3, -0.25) is 9.69 Å². The minimum absolute atomic E-state index is 0.0419. The number of thioether (sulfide) groups is 1. The zero-order valence-corrected chi connectivity index (χ0v) is 24.7. The van der Waals surface area contributed by atoms with Crippen LogP contribution in [0.15, 0.2) is 60.7 Å². The van der Waals surface area contributed by atoms with Crippen LogP contribution in [0.2, 0.25) is 5.02 Å². The molecule has 0 saturated carbocycles. The Hall–Kier alpha value is -2.67. The number of hydrogen-bond donors (Lipinski definition) is 0. The smallest absolute Gasteiger partial charge is 0.232 e. The van der Waals surface area contributed by atoms with Gasteiger partial charge in [0.15, 0.2) is 11.5 Å². The van der Waals surface area contributed by atoms with Crippen LogP contribution < -0.4 is 14.4 Å². The molecule has 3 atom stereocenters. The molecule has 5 rings (SSSR count). The van der Waals surface area contributed by atoms with Crippen LogP contribution in [-0.2, 0) is 11.2 Å². The highest BCUT2D eigenvalue weighted by Gasteiger charge is 2.36. The quantitative estimate of drug-likeness (QED) is 0.287. The number of rotatable bonds is 8. The maximum atomic E-state index is 13.8. The van der Waals surface area contributed by atoms with Crippen LogP contribution >= 0.6 is 23.4 Å². The minimum atomic E-state index is -0.314. The number of benzene rings is 3. The standard InChI is InChI=1S/C32H37ClN2O3S/c1-5-21(2)38-30-20-28-25(18-29(30)37-4)19-31(36)35(32(28)24-6-10-26(33)11-7-24)27-12-8-23(9-13-27)22(3)34-14-16-39-17-15-34/h6-13,18,20-22,32H,5,14-17,19H2,1-4H3. The molecule has 0 radical (unpaired) electrons. The van der Waals surface area contributed by atoms with E-state index in [4.69, 9.17) is 21.1 Å². The van der Waals surface area contributed by atoms with E-state index in [1.165, 1.54) is 17.1 Å². The van der Waals surface area contributed by atoms with Crippen molar-refractivity contribution < 1.29 is 14.3 Å². The third kappa shape index (κ3) is 5.93. The van der Waals surface area contributed by atoms with Crippen molar-refractivity contribution in [3.8, 4) is 11.5 Å². The van der Waals surface area contributed by atoms with E-state index in [1.54, 1.807) is 7.11 Å². The van der Waals surface area contributed by atoms with Gasteiger partial charge in [-0.2, -0.15) is 11.8 Å². The monoisotopic (exact) mass is 564 g/mol. The van der Waals surface area contributed by atoms with Gasteiger partial charge in [-0.15, -0.1) is 0 Å². The van der Waals surface area contributed by atoms with Gasteiger partial charge in [0.2, 0.25) is 5.91 Å². The molecular formula is C32H37ClN2O3S. The van der Waals surface area contributed by atoms with Crippen LogP contribution in [0.1, 0.15) is 61.5 Å². The fourth-order valence-corrected chi connectivity index (χ4v) is 6.52. The molecule has 2 aliphatic rings. The zero-order chi connectivity index (χ0) is 27.5. The molecule has 1 fully saturated rings. The van der Waals surface area contributed by atoms with Crippen LogP contribution in [0.25, 0.3) is 0 Å². The van der Waals surface area contributed by atoms with Gasteiger partial charge in [0.05, 0.1) is 25.7 Å². The average molecular weight is 565 g/mol. The molecule has 1 saturated heterocycles. The molecule has 2 heterocycles. The lowest BCUT2D eigenvalue weighted by molar-refractivity contribution is -0.118. The molecule has 206 valence electrons. The molecular weight excluding hydrogens is 528 g/mol. The number of anilines is 1. The number of carbonyl (C=O) groups is 1. The van der Waals surface area contributed by atoms with Gasteiger partial charge in [-0.05, 0) is 78.9 Å². The SMILES string of the molecule is CCC(C)Oc1cc2c(cc1OC)CC(=O)N(c1ccc(C(C)N3CCSCC3)cc1)C2c1ccc(Cl)cc1. The summed E-state index contributed by atoms with van der Waals surface area (Å²) >= 11 is 8.28. The Morgan fingerprint density at radius 1 is 1.00 bits per heavy atom. The highest BCUT2D eigenvalue weighted by Crippen LogP contribution is 2.44. The fraction of sp³-hybridized carbons (Fsp3) is 0.406. The molecule has 39 heavy (non-hydrogen) atoms. The maximum Gasteiger partial charge on any atom is 0.232 e. The number of ether oxygens (including phenoxy) is 2. The summed E-state index contributed by atoms with van der Waals surface area (Å²) in [5.74, 6) is 3.76. The molecule has 2 aliphatic heterocycles. The largest absolute Gasteiger partial charge is 0.493 e. The Kier molecular flexibility index (Phi) is 8.75. The first kappa shape index (κ1) is 27.9. The number of methoxy groups -OCH3 is 1. The highest BCUT2D eigenvalue weighted by atomic mass is 35.5. The van der Waals surface area contributed by atoms with Crippen molar-refractivity contribution >= 4 is 35.0 Å². The Labute approximate surface area is 241 Å². The Morgan fingerprint density at radius 3 is 2.33 bits per heavy atom. The number of halogens is 1. The Balaban J connectivity index is 1.56.